The molecular weight excluding hydrogens is 183 g/mol. The van der Waals surface area contributed by atoms with Gasteiger partial charge in [-0.2, -0.15) is 5.26 Å². The summed E-state index contributed by atoms with van der Waals surface area (Å²) in [6.45, 7) is 0. The molecule has 0 saturated heterocycles. The van der Waals surface area contributed by atoms with Crippen molar-refractivity contribution in [1.29, 1.82) is 10.7 Å². The molecule has 14 heavy (non-hydrogen) atoms. The molecule has 0 aliphatic carbocycles. The molecule has 0 aromatic heterocycles. The number of Topliss-reactive ketones (excluding diaryl/α,β-unsaturated/α-hetero) is 1. The van der Waals surface area contributed by atoms with Gasteiger partial charge in [0.1, 0.15) is 17.6 Å². The van der Waals surface area contributed by atoms with Gasteiger partial charge in [-0.25, -0.2) is 4.39 Å². The highest BCUT2D eigenvalue weighted by atomic mass is 19.1. The predicted molar refractivity (Wildman–Crippen MR) is 48.7 cm³/mol. The van der Waals surface area contributed by atoms with E-state index in [0.717, 1.165) is 0 Å². The van der Waals surface area contributed by atoms with Crippen LogP contribution in [0.3, 0.4) is 0 Å². The normalized spacial score (nSPS) is 9.14. The summed E-state index contributed by atoms with van der Waals surface area (Å²) in [5.41, 5.74) is -0.439. The van der Waals surface area contributed by atoms with Crippen LogP contribution in [0.2, 0.25) is 0 Å². The molecule has 1 N–H and O–H groups in total. The molecule has 0 saturated carbocycles. The van der Waals surface area contributed by atoms with Crippen LogP contribution >= 0.6 is 0 Å². The fourth-order valence-electron chi connectivity index (χ4n) is 0.983. The van der Waals surface area contributed by atoms with Crippen molar-refractivity contribution in [1.82, 2.24) is 0 Å². The molecular formula is C10H7FN2O. The lowest BCUT2D eigenvalue weighted by atomic mass is 10.1. The van der Waals surface area contributed by atoms with Gasteiger partial charge in [0.05, 0.1) is 12.0 Å². The van der Waals surface area contributed by atoms with E-state index in [-0.39, 0.29) is 17.7 Å². The van der Waals surface area contributed by atoms with Crippen molar-refractivity contribution >= 4 is 11.5 Å². The van der Waals surface area contributed by atoms with E-state index >= 15 is 0 Å². The Morgan fingerprint density at radius 1 is 1.50 bits per heavy atom. The van der Waals surface area contributed by atoms with Crippen LogP contribution in [0.4, 0.5) is 4.39 Å². The van der Waals surface area contributed by atoms with Gasteiger partial charge in [0, 0.05) is 0 Å². The van der Waals surface area contributed by atoms with Crippen molar-refractivity contribution in [2.75, 3.05) is 0 Å². The van der Waals surface area contributed by atoms with Crippen LogP contribution in [-0.4, -0.2) is 11.5 Å². The maximum Gasteiger partial charge on any atom is 0.172 e. The lowest BCUT2D eigenvalue weighted by Crippen LogP contribution is -2.07. The molecule has 4 heteroatoms. The fourth-order valence-corrected chi connectivity index (χ4v) is 0.983. The molecule has 0 aliphatic rings. The van der Waals surface area contributed by atoms with Gasteiger partial charge >= 0.3 is 0 Å². The molecule has 0 radical (unpaired) electrons. The minimum atomic E-state index is -0.622. The number of hydrogen-bond donors (Lipinski definition) is 1. The highest BCUT2D eigenvalue weighted by Crippen LogP contribution is 2.09. The number of nitrogens with zero attached hydrogens (tertiary/aromatic N) is 1. The van der Waals surface area contributed by atoms with Crippen LogP contribution < -0.4 is 0 Å². The largest absolute Gasteiger partial charge is 0.294 e. The van der Waals surface area contributed by atoms with E-state index in [1.54, 1.807) is 0 Å². The van der Waals surface area contributed by atoms with E-state index in [1.165, 1.54) is 30.3 Å². The summed E-state index contributed by atoms with van der Waals surface area (Å²) in [5.74, 6) is -1.17. The summed E-state index contributed by atoms with van der Waals surface area (Å²) in [5, 5.41) is 15.3. The minimum absolute atomic E-state index is 0.0764. The molecule has 0 unspecified atom stereocenters. The van der Waals surface area contributed by atoms with Crippen LogP contribution in [0.25, 0.3) is 0 Å². The zero-order chi connectivity index (χ0) is 10.6. The van der Waals surface area contributed by atoms with Crippen molar-refractivity contribution < 1.29 is 9.18 Å². The topological polar surface area (TPSA) is 64.7 Å². The monoisotopic (exact) mass is 190 g/mol. The lowest BCUT2D eigenvalue weighted by Gasteiger charge is -1.99. The van der Waals surface area contributed by atoms with Crippen LogP contribution in [0.1, 0.15) is 16.8 Å². The van der Waals surface area contributed by atoms with E-state index < -0.39 is 11.6 Å². The second kappa shape index (κ2) is 4.28. The second-order valence-corrected chi connectivity index (χ2v) is 2.67. The summed E-state index contributed by atoms with van der Waals surface area (Å²) in [6, 6.07) is 7.04. The molecule has 3 nitrogen and oxygen atoms in total. The zero-order valence-corrected chi connectivity index (χ0v) is 7.25. The van der Waals surface area contributed by atoms with Gasteiger partial charge in [-0.1, -0.05) is 12.1 Å². The van der Waals surface area contributed by atoms with Gasteiger partial charge in [0.25, 0.3) is 0 Å². The third-order valence-corrected chi connectivity index (χ3v) is 1.65. The summed E-state index contributed by atoms with van der Waals surface area (Å²) in [6.07, 6.45) is -0.350. The molecule has 0 aliphatic heterocycles. The Labute approximate surface area is 80.3 Å². The van der Waals surface area contributed by atoms with Crippen molar-refractivity contribution in [3.8, 4) is 6.07 Å². The van der Waals surface area contributed by atoms with Crippen LogP contribution in [0.5, 0.6) is 0 Å². The Kier molecular flexibility index (Phi) is 3.08. The van der Waals surface area contributed by atoms with Gasteiger partial charge in [-0.15, -0.1) is 0 Å². The highest BCUT2D eigenvalue weighted by Gasteiger charge is 2.12. The first-order valence-corrected chi connectivity index (χ1v) is 3.90. The van der Waals surface area contributed by atoms with Gasteiger partial charge in [-0.3, -0.25) is 10.2 Å². The molecule has 1 aromatic rings. The van der Waals surface area contributed by atoms with Crippen LogP contribution in [-0.2, 0) is 0 Å². The SMILES string of the molecule is N#CC(=N)CC(=O)c1ccccc1F. The number of hydrogen-bond acceptors (Lipinski definition) is 3. The smallest absolute Gasteiger partial charge is 0.172 e. The number of benzene rings is 1. The standard InChI is InChI=1S/C10H7FN2O/c11-9-4-2-1-3-8(9)10(14)5-7(13)6-12/h1-4,13H,5H2. The first-order valence-electron chi connectivity index (χ1n) is 3.90. The summed E-state index contributed by atoms with van der Waals surface area (Å²) < 4.78 is 13.0. The quantitative estimate of drug-likeness (QED) is 0.584. The van der Waals surface area contributed by atoms with Crippen molar-refractivity contribution in [2.24, 2.45) is 0 Å². The molecule has 70 valence electrons. The van der Waals surface area contributed by atoms with E-state index in [1.807, 2.05) is 0 Å². The molecule has 0 heterocycles. The number of nitriles is 1. The second-order valence-electron chi connectivity index (χ2n) is 2.67. The van der Waals surface area contributed by atoms with Crippen LogP contribution in [0, 0.1) is 22.6 Å². The third-order valence-electron chi connectivity index (χ3n) is 1.65. The molecule has 1 aromatic carbocycles. The number of ketones is 1. The summed E-state index contributed by atoms with van der Waals surface area (Å²) in [4.78, 5) is 11.3. The Morgan fingerprint density at radius 2 is 2.14 bits per heavy atom. The van der Waals surface area contributed by atoms with Crippen molar-refractivity contribution in [3.63, 3.8) is 0 Å². The summed E-state index contributed by atoms with van der Waals surface area (Å²) in [7, 11) is 0. The van der Waals surface area contributed by atoms with E-state index in [0.29, 0.717) is 0 Å². The highest BCUT2D eigenvalue weighted by molar-refractivity contribution is 6.13. The maximum absolute atomic E-state index is 13.0. The van der Waals surface area contributed by atoms with E-state index in [9.17, 15) is 9.18 Å². The average molecular weight is 190 g/mol. The average Bonchev–Trinajstić information content (AvgIpc) is 2.18. The molecule has 0 atom stereocenters. The van der Waals surface area contributed by atoms with E-state index in [4.69, 9.17) is 10.7 Å². The number of rotatable bonds is 3. The Balaban J connectivity index is 2.87. The Bertz CT molecular complexity index is 420. The summed E-state index contributed by atoms with van der Waals surface area (Å²) >= 11 is 0. The van der Waals surface area contributed by atoms with Crippen molar-refractivity contribution in [3.05, 3.63) is 35.6 Å². The van der Waals surface area contributed by atoms with Gasteiger partial charge in [0.15, 0.2) is 5.78 Å². The molecule has 0 spiro atoms. The van der Waals surface area contributed by atoms with Gasteiger partial charge < -0.3 is 0 Å². The first kappa shape index (κ1) is 10.1. The zero-order valence-electron chi connectivity index (χ0n) is 7.25. The minimum Gasteiger partial charge on any atom is -0.294 e. The van der Waals surface area contributed by atoms with Crippen LogP contribution in [0.15, 0.2) is 24.3 Å². The maximum atomic E-state index is 13.0. The Hall–Kier alpha value is -2.02. The number of halogens is 1. The molecule has 0 bridgehead atoms. The molecule has 0 amide bonds. The molecule has 1 rings (SSSR count). The number of nitrogens with one attached hydrogen (secondary N) is 1. The fraction of sp³-hybridized carbons (Fsp3) is 0.100. The lowest BCUT2D eigenvalue weighted by molar-refractivity contribution is 0.0997. The number of carbonyl (C=O) groups is 1. The third kappa shape index (κ3) is 2.23. The molecule has 0 fully saturated rings. The Morgan fingerprint density at radius 3 is 2.71 bits per heavy atom. The first-order chi connectivity index (χ1) is 6.65. The van der Waals surface area contributed by atoms with Gasteiger partial charge in [0.2, 0.25) is 0 Å². The van der Waals surface area contributed by atoms with Gasteiger partial charge in [-0.05, 0) is 12.1 Å². The predicted octanol–water partition coefficient (Wildman–Crippen LogP) is 1.94. The van der Waals surface area contributed by atoms with E-state index in [2.05, 4.69) is 0 Å². The van der Waals surface area contributed by atoms with Crippen molar-refractivity contribution in [2.45, 2.75) is 6.42 Å². The number of carbonyl (C=O) groups excluding carboxylic acids is 1.